The second-order valence-corrected chi connectivity index (χ2v) is 6.86. The van der Waals surface area contributed by atoms with E-state index in [1.165, 1.54) is 25.1 Å². The highest BCUT2D eigenvalue weighted by Gasteiger charge is 2.45. The minimum absolute atomic E-state index is 0.0192. The number of nitrogens with zero attached hydrogens (tertiary/aromatic N) is 3. The topological polar surface area (TPSA) is 58.4 Å². The molecule has 2 aliphatic rings. The van der Waals surface area contributed by atoms with Gasteiger partial charge >= 0.3 is 5.97 Å². The van der Waals surface area contributed by atoms with Gasteiger partial charge in [-0.05, 0) is 50.8 Å². The van der Waals surface area contributed by atoms with Gasteiger partial charge in [0.25, 0.3) is 0 Å². The Morgan fingerprint density at radius 3 is 2.43 bits per heavy atom. The van der Waals surface area contributed by atoms with Crippen molar-refractivity contribution < 1.29 is 9.90 Å². The third-order valence-corrected chi connectivity index (χ3v) is 5.15. The summed E-state index contributed by atoms with van der Waals surface area (Å²) in [7, 11) is 0. The number of hydrogen-bond donors (Lipinski definition) is 1. The van der Waals surface area contributed by atoms with Crippen LogP contribution < -0.4 is 4.90 Å². The molecule has 120 valence electrons. The summed E-state index contributed by atoms with van der Waals surface area (Å²) in [5.74, 6) is -0.0276. The summed E-state index contributed by atoms with van der Waals surface area (Å²) in [5, 5.41) is 13.8. The van der Waals surface area contributed by atoms with Gasteiger partial charge in [-0.2, -0.15) is 5.10 Å². The van der Waals surface area contributed by atoms with Crippen LogP contribution in [0.4, 0.5) is 5.69 Å². The predicted octanol–water partition coefficient (Wildman–Crippen LogP) is 3.43. The molecular weight excluding hydrogens is 290 g/mol. The van der Waals surface area contributed by atoms with E-state index in [1.54, 1.807) is 10.7 Å². The fourth-order valence-corrected chi connectivity index (χ4v) is 3.63. The highest BCUT2D eigenvalue weighted by atomic mass is 16.4. The van der Waals surface area contributed by atoms with E-state index in [-0.39, 0.29) is 11.7 Å². The van der Waals surface area contributed by atoms with Crippen molar-refractivity contribution in [2.75, 3.05) is 11.4 Å². The molecule has 4 rings (SSSR count). The highest BCUT2D eigenvalue weighted by Crippen LogP contribution is 2.44. The second kappa shape index (κ2) is 5.11. The van der Waals surface area contributed by atoms with Crippen molar-refractivity contribution in [1.29, 1.82) is 0 Å². The van der Waals surface area contributed by atoms with Gasteiger partial charge in [-0.1, -0.05) is 12.1 Å². The number of benzene rings is 1. The quantitative estimate of drug-likeness (QED) is 0.940. The molecule has 1 saturated carbocycles. The molecule has 2 atom stereocenters. The third-order valence-electron chi connectivity index (χ3n) is 5.15. The van der Waals surface area contributed by atoms with Crippen LogP contribution in [-0.4, -0.2) is 33.4 Å². The Hall–Kier alpha value is -2.30. The van der Waals surface area contributed by atoms with Crippen LogP contribution in [0.1, 0.15) is 43.2 Å². The number of hydrogen-bond acceptors (Lipinski definition) is 3. The Morgan fingerprint density at radius 2 is 2.00 bits per heavy atom. The molecule has 1 aliphatic carbocycles. The fourth-order valence-electron chi connectivity index (χ4n) is 3.63. The number of carbonyl (C=O) groups is 1. The number of anilines is 1. The van der Waals surface area contributed by atoms with E-state index in [4.69, 9.17) is 0 Å². The molecule has 1 aliphatic heterocycles. The lowest BCUT2D eigenvalue weighted by molar-refractivity contribution is 0.0681. The Balaban J connectivity index is 1.60. The fraction of sp³-hybridized carbons (Fsp3) is 0.444. The molecule has 0 spiro atoms. The van der Waals surface area contributed by atoms with Crippen LogP contribution >= 0.6 is 0 Å². The van der Waals surface area contributed by atoms with Gasteiger partial charge in [0.15, 0.2) is 0 Å². The number of fused-ring (bicyclic) bond motifs is 1. The number of carboxylic acids is 1. The molecule has 2 heterocycles. The monoisotopic (exact) mass is 311 g/mol. The Morgan fingerprint density at radius 1 is 1.26 bits per heavy atom. The summed E-state index contributed by atoms with van der Waals surface area (Å²) in [6.45, 7) is 5.05. The first-order chi connectivity index (χ1) is 11.0. The van der Waals surface area contributed by atoms with E-state index in [0.717, 1.165) is 17.5 Å². The lowest BCUT2D eigenvalue weighted by Crippen LogP contribution is -2.62. The molecule has 1 saturated heterocycles. The molecule has 0 amide bonds. The molecule has 1 aromatic heterocycles. The van der Waals surface area contributed by atoms with Gasteiger partial charge in [-0.25, -0.2) is 4.79 Å². The van der Waals surface area contributed by atoms with Crippen LogP contribution in [0, 0.1) is 5.92 Å². The summed E-state index contributed by atoms with van der Waals surface area (Å²) < 4.78 is 1.57. The first kappa shape index (κ1) is 14.3. The predicted molar refractivity (Wildman–Crippen MR) is 88.9 cm³/mol. The van der Waals surface area contributed by atoms with Crippen molar-refractivity contribution in [2.24, 2.45) is 5.92 Å². The van der Waals surface area contributed by atoms with Crippen LogP contribution in [0.2, 0.25) is 0 Å². The number of piperidine rings is 1. The first-order valence-corrected chi connectivity index (χ1v) is 8.24. The molecule has 0 bridgehead atoms. The molecular formula is C18H21N3O2. The zero-order chi connectivity index (χ0) is 16.1. The zero-order valence-corrected chi connectivity index (χ0v) is 13.4. The Labute approximate surface area is 135 Å². The Bertz CT molecular complexity index is 748. The average molecular weight is 311 g/mol. The smallest absolute Gasteiger partial charge is 0.354 e. The van der Waals surface area contributed by atoms with Crippen LogP contribution in [0.5, 0.6) is 0 Å². The second-order valence-electron chi connectivity index (χ2n) is 6.86. The summed E-state index contributed by atoms with van der Waals surface area (Å²) in [6.07, 6.45) is 2.69. The standard InChI is InChI=1S/C18H21N3O2/c1-11(2)21-17(18(22)23)9-15(19-21)12-3-6-14(7-4-12)20-10-13-5-8-16(13)20/h3-4,6-7,9,11,13,16H,5,8,10H2,1-2H3,(H,22,23)/t13?,16-/m0/s1. The number of aromatic nitrogens is 2. The average Bonchev–Trinajstić information content (AvgIpc) is 2.96. The molecule has 1 unspecified atom stereocenters. The van der Waals surface area contributed by atoms with Crippen molar-refractivity contribution in [2.45, 2.75) is 38.8 Å². The molecule has 0 radical (unpaired) electrons. The van der Waals surface area contributed by atoms with Gasteiger partial charge in [-0.15, -0.1) is 0 Å². The lowest BCUT2D eigenvalue weighted by Gasteiger charge is -2.57. The van der Waals surface area contributed by atoms with Crippen molar-refractivity contribution in [3.63, 3.8) is 0 Å². The first-order valence-electron chi connectivity index (χ1n) is 8.24. The molecule has 5 nitrogen and oxygen atoms in total. The maximum atomic E-state index is 11.4. The van der Waals surface area contributed by atoms with Gasteiger partial charge in [0, 0.05) is 29.9 Å². The zero-order valence-electron chi connectivity index (χ0n) is 13.4. The summed E-state index contributed by atoms with van der Waals surface area (Å²) in [4.78, 5) is 13.8. The minimum atomic E-state index is -0.939. The van der Waals surface area contributed by atoms with E-state index in [9.17, 15) is 9.90 Å². The highest BCUT2D eigenvalue weighted by molar-refractivity contribution is 5.87. The van der Waals surface area contributed by atoms with Gasteiger partial charge in [0.05, 0.1) is 5.69 Å². The number of aromatic carboxylic acids is 1. The van der Waals surface area contributed by atoms with Crippen molar-refractivity contribution in [3.8, 4) is 11.3 Å². The SMILES string of the molecule is CC(C)n1nc(-c2ccc(N3CC4CC[C@@H]43)cc2)cc1C(=O)O. The summed E-state index contributed by atoms with van der Waals surface area (Å²) in [5.41, 5.74) is 3.17. The molecule has 2 aromatic rings. The molecule has 5 heteroatoms. The minimum Gasteiger partial charge on any atom is -0.477 e. The molecule has 1 N–H and O–H groups in total. The van der Waals surface area contributed by atoms with E-state index in [1.807, 2.05) is 26.0 Å². The molecule has 2 fully saturated rings. The van der Waals surface area contributed by atoms with E-state index in [0.29, 0.717) is 5.69 Å². The van der Waals surface area contributed by atoms with Gasteiger partial charge < -0.3 is 10.0 Å². The third kappa shape index (κ3) is 2.22. The molecule has 23 heavy (non-hydrogen) atoms. The summed E-state index contributed by atoms with van der Waals surface area (Å²) >= 11 is 0. The van der Waals surface area contributed by atoms with Crippen molar-refractivity contribution in [3.05, 3.63) is 36.0 Å². The van der Waals surface area contributed by atoms with Gasteiger partial charge in [0.2, 0.25) is 0 Å². The van der Waals surface area contributed by atoms with Crippen LogP contribution in [0.15, 0.2) is 30.3 Å². The van der Waals surface area contributed by atoms with E-state index >= 15 is 0 Å². The molecule has 1 aromatic carbocycles. The van der Waals surface area contributed by atoms with Gasteiger partial charge in [0.1, 0.15) is 5.69 Å². The maximum absolute atomic E-state index is 11.4. The van der Waals surface area contributed by atoms with E-state index < -0.39 is 5.97 Å². The lowest BCUT2D eigenvalue weighted by atomic mass is 9.71. The normalized spacial score (nSPS) is 22.5. The summed E-state index contributed by atoms with van der Waals surface area (Å²) in [6, 6.07) is 10.8. The maximum Gasteiger partial charge on any atom is 0.354 e. The van der Waals surface area contributed by atoms with Crippen LogP contribution in [-0.2, 0) is 0 Å². The largest absolute Gasteiger partial charge is 0.477 e. The number of rotatable bonds is 4. The van der Waals surface area contributed by atoms with Crippen LogP contribution in [0.3, 0.4) is 0 Å². The van der Waals surface area contributed by atoms with Gasteiger partial charge in [-0.3, -0.25) is 4.68 Å². The van der Waals surface area contributed by atoms with E-state index in [2.05, 4.69) is 22.1 Å². The Kier molecular flexibility index (Phi) is 3.18. The number of carboxylic acid groups (broad SMARTS) is 1. The van der Waals surface area contributed by atoms with Crippen LogP contribution in [0.25, 0.3) is 11.3 Å². The van der Waals surface area contributed by atoms with Crippen molar-refractivity contribution >= 4 is 11.7 Å². The van der Waals surface area contributed by atoms with Crippen molar-refractivity contribution in [1.82, 2.24) is 9.78 Å².